The summed E-state index contributed by atoms with van der Waals surface area (Å²) in [6.45, 7) is 0.583. The van der Waals surface area contributed by atoms with E-state index in [1.54, 1.807) is 18.2 Å². The Morgan fingerprint density at radius 1 is 0.909 bits per heavy atom. The van der Waals surface area contributed by atoms with Gasteiger partial charge in [-0.15, -0.1) is 0 Å². The van der Waals surface area contributed by atoms with Crippen LogP contribution in [0.4, 0.5) is 4.39 Å². The van der Waals surface area contributed by atoms with E-state index in [1.165, 1.54) is 24.3 Å². The van der Waals surface area contributed by atoms with Gasteiger partial charge in [0.2, 0.25) is 0 Å². The molecule has 2 rings (SSSR count). The van der Waals surface area contributed by atoms with E-state index in [0.717, 1.165) is 0 Å². The molecule has 2 N–H and O–H groups in total. The Morgan fingerprint density at radius 2 is 1.50 bits per heavy atom. The molecule has 0 aliphatic heterocycles. The highest BCUT2D eigenvalue weighted by Crippen LogP contribution is 2.15. The number of amides is 2. The average Bonchev–Trinajstić information content (AvgIpc) is 2.52. The summed E-state index contributed by atoms with van der Waals surface area (Å²) in [7, 11) is 0. The topological polar surface area (TPSA) is 58.2 Å². The van der Waals surface area contributed by atoms with Gasteiger partial charge in [0.25, 0.3) is 11.8 Å². The Morgan fingerprint density at radius 3 is 2.14 bits per heavy atom. The van der Waals surface area contributed by atoms with Crippen molar-refractivity contribution in [3.05, 3.63) is 69.9 Å². The number of hydrogen-bond donors (Lipinski definition) is 2. The molecule has 0 unspecified atom stereocenters. The van der Waals surface area contributed by atoms with Crippen LogP contribution in [-0.4, -0.2) is 24.9 Å². The van der Waals surface area contributed by atoms with Gasteiger partial charge in [-0.2, -0.15) is 0 Å². The summed E-state index contributed by atoms with van der Waals surface area (Å²) in [6.07, 6.45) is 0. The lowest BCUT2D eigenvalue weighted by Crippen LogP contribution is -2.34. The molecular formula is C16H14BrFN2O2. The fourth-order valence-electron chi connectivity index (χ4n) is 1.80. The zero-order valence-electron chi connectivity index (χ0n) is 11.6. The van der Waals surface area contributed by atoms with Gasteiger partial charge >= 0.3 is 0 Å². The molecule has 0 fully saturated rings. The quantitative estimate of drug-likeness (QED) is 0.801. The van der Waals surface area contributed by atoms with Gasteiger partial charge < -0.3 is 10.6 Å². The van der Waals surface area contributed by atoms with E-state index >= 15 is 0 Å². The minimum atomic E-state index is -0.391. The molecule has 4 nitrogen and oxygen atoms in total. The number of benzene rings is 2. The lowest BCUT2D eigenvalue weighted by molar-refractivity contribution is 0.0927. The lowest BCUT2D eigenvalue weighted by Gasteiger charge is -2.08. The standard InChI is InChI=1S/C16H14BrFN2O2/c17-14-4-2-1-3-13(14)16(22)20-10-9-19-15(21)11-5-7-12(18)8-6-11/h1-8H,9-10H2,(H,19,21)(H,20,22). The molecule has 2 aromatic carbocycles. The molecule has 0 aliphatic carbocycles. The van der Waals surface area contributed by atoms with Crippen LogP contribution in [-0.2, 0) is 0 Å². The molecule has 0 heterocycles. The van der Waals surface area contributed by atoms with Gasteiger partial charge in [-0.05, 0) is 52.3 Å². The molecule has 6 heteroatoms. The number of carbonyl (C=O) groups excluding carboxylic acids is 2. The maximum Gasteiger partial charge on any atom is 0.252 e. The van der Waals surface area contributed by atoms with Gasteiger partial charge in [-0.3, -0.25) is 9.59 Å². The molecule has 0 spiro atoms. The minimum absolute atomic E-state index is 0.219. The Bertz CT molecular complexity index is 674. The maximum atomic E-state index is 12.8. The second-order valence-corrected chi connectivity index (χ2v) is 5.35. The smallest absolute Gasteiger partial charge is 0.252 e. The van der Waals surface area contributed by atoms with Crippen molar-refractivity contribution in [1.29, 1.82) is 0 Å². The molecular weight excluding hydrogens is 351 g/mol. The highest BCUT2D eigenvalue weighted by molar-refractivity contribution is 9.10. The van der Waals surface area contributed by atoms with E-state index in [2.05, 4.69) is 26.6 Å². The molecule has 0 saturated heterocycles. The van der Waals surface area contributed by atoms with E-state index in [4.69, 9.17) is 0 Å². The highest BCUT2D eigenvalue weighted by atomic mass is 79.9. The van der Waals surface area contributed by atoms with E-state index in [9.17, 15) is 14.0 Å². The van der Waals surface area contributed by atoms with E-state index in [-0.39, 0.29) is 18.4 Å². The predicted molar refractivity (Wildman–Crippen MR) is 85.2 cm³/mol. The summed E-state index contributed by atoms with van der Waals surface area (Å²) in [5.41, 5.74) is 0.908. The predicted octanol–water partition coefficient (Wildman–Crippen LogP) is 2.75. The molecule has 114 valence electrons. The molecule has 0 saturated carbocycles. The molecule has 0 aliphatic rings. The summed E-state index contributed by atoms with van der Waals surface area (Å²) in [4.78, 5) is 23.7. The summed E-state index contributed by atoms with van der Waals surface area (Å²) >= 11 is 3.30. The van der Waals surface area contributed by atoms with Crippen LogP contribution in [0.3, 0.4) is 0 Å². The highest BCUT2D eigenvalue weighted by Gasteiger charge is 2.09. The van der Waals surface area contributed by atoms with Gasteiger partial charge in [0.15, 0.2) is 0 Å². The first-order valence-electron chi connectivity index (χ1n) is 6.64. The van der Waals surface area contributed by atoms with Crippen LogP contribution >= 0.6 is 15.9 Å². The second-order valence-electron chi connectivity index (χ2n) is 4.50. The number of nitrogens with one attached hydrogen (secondary N) is 2. The van der Waals surface area contributed by atoms with Crippen molar-refractivity contribution in [2.45, 2.75) is 0 Å². The third kappa shape index (κ3) is 4.39. The molecule has 22 heavy (non-hydrogen) atoms. The van der Waals surface area contributed by atoms with Crippen molar-refractivity contribution in [2.24, 2.45) is 0 Å². The molecule has 2 aromatic rings. The van der Waals surface area contributed by atoms with Crippen LogP contribution in [0.15, 0.2) is 53.0 Å². The molecule has 0 atom stereocenters. The van der Waals surface area contributed by atoms with Crippen molar-refractivity contribution in [3.63, 3.8) is 0 Å². The first kappa shape index (κ1) is 16.2. The van der Waals surface area contributed by atoms with Crippen LogP contribution in [0.5, 0.6) is 0 Å². The van der Waals surface area contributed by atoms with Gasteiger partial charge in [0.1, 0.15) is 5.82 Å². The van der Waals surface area contributed by atoms with Crippen molar-refractivity contribution in [1.82, 2.24) is 10.6 Å². The minimum Gasteiger partial charge on any atom is -0.350 e. The fraction of sp³-hybridized carbons (Fsp3) is 0.125. The average molecular weight is 365 g/mol. The van der Waals surface area contributed by atoms with Crippen LogP contribution in [0.2, 0.25) is 0 Å². The summed E-state index contributed by atoms with van der Waals surface area (Å²) < 4.78 is 13.5. The Hall–Kier alpha value is -2.21. The summed E-state index contributed by atoms with van der Waals surface area (Å²) in [6, 6.07) is 12.4. The number of hydrogen-bond acceptors (Lipinski definition) is 2. The largest absolute Gasteiger partial charge is 0.350 e. The van der Waals surface area contributed by atoms with Gasteiger partial charge in [0, 0.05) is 23.1 Å². The normalized spacial score (nSPS) is 10.1. The van der Waals surface area contributed by atoms with E-state index in [1.807, 2.05) is 6.07 Å². The molecule has 0 bridgehead atoms. The number of carbonyl (C=O) groups is 2. The first-order chi connectivity index (χ1) is 10.6. The van der Waals surface area contributed by atoms with Crippen LogP contribution in [0, 0.1) is 5.82 Å². The van der Waals surface area contributed by atoms with Gasteiger partial charge in [-0.1, -0.05) is 12.1 Å². The Balaban J connectivity index is 1.77. The molecule has 0 radical (unpaired) electrons. The maximum absolute atomic E-state index is 12.8. The van der Waals surface area contributed by atoms with Crippen molar-refractivity contribution >= 4 is 27.7 Å². The fourth-order valence-corrected chi connectivity index (χ4v) is 2.26. The molecule has 0 aromatic heterocycles. The Labute approximate surface area is 135 Å². The Kier molecular flexibility index (Phi) is 5.66. The van der Waals surface area contributed by atoms with Crippen LogP contribution < -0.4 is 10.6 Å². The third-order valence-electron chi connectivity index (χ3n) is 2.92. The third-order valence-corrected chi connectivity index (χ3v) is 3.61. The second kappa shape index (κ2) is 7.70. The summed E-state index contributed by atoms with van der Waals surface area (Å²) in [5, 5.41) is 5.36. The van der Waals surface area contributed by atoms with Crippen LogP contribution in [0.1, 0.15) is 20.7 Å². The van der Waals surface area contributed by atoms with Crippen molar-refractivity contribution in [2.75, 3.05) is 13.1 Å². The summed E-state index contributed by atoms with van der Waals surface area (Å²) in [5.74, 6) is -0.920. The van der Waals surface area contributed by atoms with Crippen molar-refractivity contribution in [3.8, 4) is 0 Å². The van der Waals surface area contributed by atoms with Crippen molar-refractivity contribution < 1.29 is 14.0 Å². The van der Waals surface area contributed by atoms with E-state index in [0.29, 0.717) is 22.1 Å². The lowest BCUT2D eigenvalue weighted by atomic mass is 10.2. The zero-order chi connectivity index (χ0) is 15.9. The number of rotatable bonds is 5. The number of halogens is 2. The molecule has 2 amide bonds. The first-order valence-corrected chi connectivity index (χ1v) is 7.44. The SMILES string of the molecule is O=C(NCCNC(=O)c1ccccc1Br)c1ccc(F)cc1. The zero-order valence-corrected chi connectivity index (χ0v) is 13.2. The van der Waals surface area contributed by atoms with Gasteiger partial charge in [-0.25, -0.2) is 4.39 Å². The van der Waals surface area contributed by atoms with Crippen LogP contribution in [0.25, 0.3) is 0 Å². The monoisotopic (exact) mass is 364 g/mol. The van der Waals surface area contributed by atoms with E-state index < -0.39 is 5.82 Å². The van der Waals surface area contributed by atoms with Gasteiger partial charge in [0.05, 0.1) is 5.56 Å².